The predicted octanol–water partition coefficient (Wildman–Crippen LogP) is 1.91. The molecule has 1 heterocycles. The maximum Gasteiger partial charge on any atom is 0.296 e. The van der Waals surface area contributed by atoms with E-state index in [4.69, 9.17) is 20.2 Å². The normalized spacial score (nSPS) is 11.4. The molecule has 0 saturated heterocycles. The summed E-state index contributed by atoms with van der Waals surface area (Å²) >= 11 is 0. The molecule has 0 saturated carbocycles. The number of benzene rings is 1. The van der Waals surface area contributed by atoms with Gasteiger partial charge < -0.3 is 9.47 Å². The summed E-state index contributed by atoms with van der Waals surface area (Å²) in [5, 5.41) is 7.28. The highest BCUT2D eigenvalue weighted by atomic mass is 35.7. The molecule has 0 bridgehead atoms. The third-order valence-corrected chi connectivity index (χ3v) is 4.05. The van der Waals surface area contributed by atoms with Gasteiger partial charge in [-0.1, -0.05) is 0 Å². The molecule has 0 unspecified atom stereocenters. The Labute approximate surface area is 126 Å². The second-order valence-corrected chi connectivity index (χ2v) is 6.51. The van der Waals surface area contributed by atoms with Crippen LogP contribution >= 0.6 is 10.7 Å². The lowest BCUT2D eigenvalue weighted by molar-refractivity contribution is 0.395. The average molecular weight is 332 g/mol. The number of rotatable bonds is 5. The third-order valence-electron chi connectivity index (χ3n) is 2.90. The fourth-order valence-electron chi connectivity index (χ4n) is 1.94. The van der Waals surface area contributed by atoms with Crippen LogP contribution in [0.5, 0.6) is 11.5 Å². The van der Waals surface area contributed by atoms with Gasteiger partial charge in [-0.2, -0.15) is 0 Å². The maximum atomic E-state index is 11.5. The van der Waals surface area contributed by atoms with Gasteiger partial charge in [0.15, 0.2) is 5.82 Å². The first-order chi connectivity index (χ1) is 9.92. The summed E-state index contributed by atoms with van der Waals surface area (Å²) in [7, 11) is 4.44. The van der Waals surface area contributed by atoms with E-state index in [1.165, 1.54) is 11.7 Å². The van der Waals surface area contributed by atoms with E-state index in [-0.39, 0.29) is 5.16 Å². The van der Waals surface area contributed by atoms with Crippen LogP contribution in [0.2, 0.25) is 0 Å². The first-order valence-electron chi connectivity index (χ1n) is 6.02. The molecule has 1 aromatic carbocycles. The van der Waals surface area contributed by atoms with Crippen LogP contribution in [0.25, 0.3) is 11.4 Å². The molecule has 21 heavy (non-hydrogen) atoms. The van der Waals surface area contributed by atoms with E-state index in [1.807, 2.05) is 0 Å². The van der Waals surface area contributed by atoms with Crippen molar-refractivity contribution in [1.29, 1.82) is 0 Å². The highest BCUT2D eigenvalue weighted by molar-refractivity contribution is 8.13. The van der Waals surface area contributed by atoms with Gasteiger partial charge in [0.25, 0.3) is 14.2 Å². The quantitative estimate of drug-likeness (QED) is 0.778. The Morgan fingerprint density at radius 1 is 1.24 bits per heavy atom. The Bertz CT molecular complexity index is 758. The maximum absolute atomic E-state index is 11.5. The first-order valence-corrected chi connectivity index (χ1v) is 8.33. The van der Waals surface area contributed by atoms with E-state index in [2.05, 4.69) is 10.2 Å². The highest BCUT2D eigenvalue weighted by Crippen LogP contribution is 2.33. The molecule has 2 aromatic rings. The van der Waals surface area contributed by atoms with Crippen molar-refractivity contribution in [1.82, 2.24) is 14.8 Å². The van der Waals surface area contributed by atoms with Crippen molar-refractivity contribution in [3.05, 3.63) is 18.2 Å². The fraction of sp³-hybridized carbons (Fsp3) is 0.333. The van der Waals surface area contributed by atoms with Gasteiger partial charge in [0.05, 0.1) is 19.8 Å². The minimum absolute atomic E-state index is 0.292. The predicted molar refractivity (Wildman–Crippen MR) is 77.3 cm³/mol. The number of methoxy groups -OCH3 is 2. The molecule has 0 aliphatic rings. The van der Waals surface area contributed by atoms with E-state index < -0.39 is 9.05 Å². The molecule has 2 rings (SSSR count). The van der Waals surface area contributed by atoms with Gasteiger partial charge in [-0.25, -0.2) is 8.42 Å². The minimum atomic E-state index is -3.97. The number of nitrogens with zero attached hydrogens (tertiary/aromatic N) is 3. The molecule has 0 aliphatic carbocycles. The molecule has 0 spiro atoms. The molecule has 0 aliphatic heterocycles. The Kier molecular flexibility index (Phi) is 4.38. The van der Waals surface area contributed by atoms with Crippen molar-refractivity contribution in [2.24, 2.45) is 0 Å². The van der Waals surface area contributed by atoms with Crippen LogP contribution in [0.15, 0.2) is 23.4 Å². The SMILES string of the molecule is CCn1c(-c2ccc(OC)cc2OC)nnc1S(=O)(=O)Cl. The number of ether oxygens (including phenoxy) is 2. The van der Waals surface area contributed by atoms with Gasteiger partial charge in [-0.3, -0.25) is 4.57 Å². The van der Waals surface area contributed by atoms with Gasteiger partial charge in [-0.05, 0) is 19.1 Å². The lowest BCUT2D eigenvalue weighted by atomic mass is 10.1. The Morgan fingerprint density at radius 2 is 1.95 bits per heavy atom. The molecular weight excluding hydrogens is 318 g/mol. The van der Waals surface area contributed by atoms with Gasteiger partial charge >= 0.3 is 0 Å². The molecule has 0 radical (unpaired) electrons. The summed E-state index contributed by atoms with van der Waals surface area (Å²) in [6, 6.07) is 5.12. The summed E-state index contributed by atoms with van der Waals surface area (Å²) in [6.07, 6.45) is 0. The lowest BCUT2D eigenvalue weighted by Crippen LogP contribution is -2.06. The molecule has 1 aromatic heterocycles. The van der Waals surface area contributed by atoms with Crippen molar-refractivity contribution in [3.63, 3.8) is 0 Å². The van der Waals surface area contributed by atoms with Crippen LogP contribution in [-0.4, -0.2) is 37.4 Å². The molecule has 0 N–H and O–H groups in total. The van der Waals surface area contributed by atoms with Crippen molar-refractivity contribution >= 4 is 19.7 Å². The van der Waals surface area contributed by atoms with E-state index in [9.17, 15) is 8.42 Å². The third kappa shape index (κ3) is 2.96. The van der Waals surface area contributed by atoms with Crippen LogP contribution < -0.4 is 9.47 Å². The van der Waals surface area contributed by atoms with Gasteiger partial charge in [0, 0.05) is 23.3 Å². The lowest BCUT2D eigenvalue weighted by Gasteiger charge is -2.11. The van der Waals surface area contributed by atoms with Crippen LogP contribution in [0, 0.1) is 0 Å². The second kappa shape index (κ2) is 5.90. The summed E-state index contributed by atoms with van der Waals surface area (Å²) in [4.78, 5) is 0. The van der Waals surface area contributed by atoms with E-state index in [1.54, 1.807) is 32.2 Å². The van der Waals surface area contributed by atoms with E-state index >= 15 is 0 Å². The second-order valence-electron chi connectivity index (χ2n) is 4.05. The molecule has 114 valence electrons. The summed E-state index contributed by atoms with van der Waals surface area (Å²) in [5.74, 6) is 1.47. The number of hydrogen-bond acceptors (Lipinski definition) is 6. The largest absolute Gasteiger partial charge is 0.497 e. The van der Waals surface area contributed by atoms with Gasteiger partial charge in [0.2, 0.25) is 0 Å². The monoisotopic (exact) mass is 331 g/mol. The zero-order chi connectivity index (χ0) is 15.6. The van der Waals surface area contributed by atoms with E-state index in [0.717, 1.165) is 0 Å². The summed E-state index contributed by atoms with van der Waals surface area (Å²) in [5.41, 5.74) is 0.596. The van der Waals surface area contributed by atoms with Gasteiger partial charge in [0.1, 0.15) is 11.5 Å². The highest BCUT2D eigenvalue weighted by Gasteiger charge is 2.24. The Hall–Kier alpha value is -1.80. The van der Waals surface area contributed by atoms with Crippen LogP contribution in [0.4, 0.5) is 0 Å². The smallest absolute Gasteiger partial charge is 0.296 e. The fourth-order valence-corrected chi connectivity index (χ4v) is 2.90. The Balaban J connectivity index is 2.65. The van der Waals surface area contributed by atoms with Crippen LogP contribution in [-0.2, 0) is 15.6 Å². The average Bonchev–Trinajstić information content (AvgIpc) is 2.90. The first kappa shape index (κ1) is 15.6. The molecule has 9 heteroatoms. The zero-order valence-corrected chi connectivity index (χ0v) is 13.3. The minimum Gasteiger partial charge on any atom is -0.497 e. The molecule has 0 atom stereocenters. The summed E-state index contributed by atoms with van der Waals surface area (Å²) in [6.45, 7) is 2.12. The van der Waals surface area contributed by atoms with E-state index in [0.29, 0.717) is 29.4 Å². The van der Waals surface area contributed by atoms with Crippen LogP contribution in [0.3, 0.4) is 0 Å². The topological polar surface area (TPSA) is 83.3 Å². The number of aromatic nitrogens is 3. The molecule has 7 nitrogen and oxygen atoms in total. The molecule has 0 amide bonds. The zero-order valence-electron chi connectivity index (χ0n) is 11.7. The molecule has 0 fully saturated rings. The molecular formula is C12H14ClN3O4S. The number of hydrogen-bond donors (Lipinski definition) is 0. The number of halogens is 1. The van der Waals surface area contributed by atoms with Crippen molar-refractivity contribution in [2.45, 2.75) is 18.6 Å². The van der Waals surface area contributed by atoms with Crippen molar-refractivity contribution in [2.75, 3.05) is 14.2 Å². The van der Waals surface area contributed by atoms with Crippen LogP contribution in [0.1, 0.15) is 6.92 Å². The van der Waals surface area contributed by atoms with Crippen molar-refractivity contribution < 1.29 is 17.9 Å². The summed E-state index contributed by atoms with van der Waals surface area (Å²) < 4.78 is 34.8. The van der Waals surface area contributed by atoms with Crippen molar-refractivity contribution in [3.8, 4) is 22.9 Å². The standard InChI is InChI=1S/C12H14ClN3O4S/c1-4-16-11(14-15-12(16)21(13,17)18)9-6-5-8(19-2)7-10(9)20-3/h5-7H,4H2,1-3H3. The Morgan fingerprint density at radius 3 is 2.48 bits per heavy atom. The van der Waals surface area contributed by atoms with Gasteiger partial charge in [-0.15, -0.1) is 10.2 Å².